The van der Waals surface area contributed by atoms with Crippen molar-refractivity contribution in [1.29, 1.82) is 0 Å². The molecule has 0 aliphatic heterocycles. The highest BCUT2D eigenvalue weighted by Gasteiger charge is 2.33. The molecule has 0 spiro atoms. The molecule has 1 aliphatic carbocycles. The number of benzene rings is 1. The SMILES string of the molecule is CSc1ccc(-c2nc(C3CC3)c(C(=O)O)o2)cc1. The zero-order valence-electron chi connectivity index (χ0n) is 10.4. The molecule has 3 rings (SSSR count). The van der Waals surface area contributed by atoms with Gasteiger partial charge in [0.15, 0.2) is 0 Å². The molecule has 1 aromatic carbocycles. The van der Waals surface area contributed by atoms with Crippen LogP contribution >= 0.6 is 11.8 Å². The van der Waals surface area contributed by atoms with Crippen molar-refractivity contribution in [2.45, 2.75) is 23.7 Å². The van der Waals surface area contributed by atoms with Crippen LogP contribution in [0.4, 0.5) is 0 Å². The molecule has 5 heteroatoms. The lowest BCUT2D eigenvalue weighted by Crippen LogP contribution is -1.98. The molecule has 0 bridgehead atoms. The predicted molar refractivity (Wildman–Crippen MR) is 72.7 cm³/mol. The van der Waals surface area contributed by atoms with E-state index >= 15 is 0 Å². The van der Waals surface area contributed by atoms with Crippen LogP contribution in [0.15, 0.2) is 33.6 Å². The minimum absolute atomic E-state index is 0.00792. The summed E-state index contributed by atoms with van der Waals surface area (Å²) >= 11 is 1.66. The first-order valence-corrected chi connectivity index (χ1v) is 7.30. The Morgan fingerprint density at radius 1 is 1.37 bits per heavy atom. The second kappa shape index (κ2) is 4.74. The van der Waals surface area contributed by atoms with Crippen molar-refractivity contribution in [1.82, 2.24) is 4.98 Å². The van der Waals surface area contributed by atoms with Crippen molar-refractivity contribution in [3.63, 3.8) is 0 Å². The number of carboxylic acids is 1. The lowest BCUT2D eigenvalue weighted by molar-refractivity contribution is 0.0661. The fourth-order valence-corrected chi connectivity index (χ4v) is 2.38. The highest BCUT2D eigenvalue weighted by molar-refractivity contribution is 7.98. The number of oxazole rings is 1. The molecule has 0 atom stereocenters. The Labute approximate surface area is 114 Å². The van der Waals surface area contributed by atoms with Gasteiger partial charge in [0.2, 0.25) is 11.7 Å². The minimum atomic E-state index is -1.04. The second-order valence-electron chi connectivity index (χ2n) is 4.54. The smallest absolute Gasteiger partial charge is 0.373 e. The number of aromatic carboxylic acids is 1. The van der Waals surface area contributed by atoms with Gasteiger partial charge >= 0.3 is 5.97 Å². The third-order valence-corrected chi connectivity index (χ3v) is 3.89. The minimum Gasteiger partial charge on any atom is -0.475 e. The van der Waals surface area contributed by atoms with Gasteiger partial charge in [0, 0.05) is 16.4 Å². The Morgan fingerprint density at radius 3 is 2.58 bits per heavy atom. The molecule has 1 aromatic heterocycles. The zero-order valence-corrected chi connectivity index (χ0v) is 11.2. The molecule has 1 heterocycles. The van der Waals surface area contributed by atoms with Gasteiger partial charge < -0.3 is 9.52 Å². The first kappa shape index (κ1) is 12.3. The van der Waals surface area contributed by atoms with Gasteiger partial charge in [-0.15, -0.1) is 11.8 Å². The number of aromatic nitrogens is 1. The first-order valence-electron chi connectivity index (χ1n) is 6.07. The molecule has 4 nitrogen and oxygen atoms in total. The second-order valence-corrected chi connectivity index (χ2v) is 5.42. The summed E-state index contributed by atoms with van der Waals surface area (Å²) in [5.41, 5.74) is 1.41. The first-order chi connectivity index (χ1) is 9.19. The number of hydrogen-bond acceptors (Lipinski definition) is 4. The Morgan fingerprint density at radius 2 is 2.05 bits per heavy atom. The van der Waals surface area contributed by atoms with E-state index in [2.05, 4.69) is 4.98 Å². The number of nitrogens with zero attached hydrogens (tertiary/aromatic N) is 1. The average molecular weight is 275 g/mol. The average Bonchev–Trinajstić information content (AvgIpc) is 3.17. The van der Waals surface area contributed by atoms with Gasteiger partial charge in [-0.05, 0) is 43.4 Å². The summed E-state index contributed by atoms with van der Waals surface area (Å²) in [7, 11) is 0. The molecular weight excluding hydrogens is 262 g/mol. The van der Waals surface area contributed by atoms with Crippen molar-refractivity contribution in [3.8, 4) is 11.5 Å². The van der Waals surface area contributed by atoms with Crippen molar-refractivity contribution < 1.29 is 14.3 Å². The van der Waals surface area contributed by atoms with E-state index in [-0.39, 0.29) is 11.7 Å². The van der Waals surface area contributed by atoms with Crippen LogP contribution in [0.3, 0.4) is 0 Å². The van der Waals surface area contributed by atoms with Crippen LogP contribution in [0.2, 0.25) is 0 Å². The number of carboxylic acid groups (broad SMARTS) is 1. The van der Waals surface area contributed by atoms with Gasteiger partial charge in [-0.1, -0.05) is 0 Å². The summed E-state index contributed by atoms with van der Waals surface area (Å²) in [6.07, 6.45) is 4.00. The fourth-order valence-electron chi connectivity index (χ4n) is 1.98. The van der Waals surface area contributed by atoms with E-state index in [0.717, 1.165) is 23.3 Å². The van der Waals surface area contributed by atoms with Crippen LogP contribution in [0.5, 0.6) is 0 Å². The van der Waals surface area contributed by atoms with E-state index in [1.165, 1.54) is 0 Å². The fraction of sp³-hybridized carbons (Fsp3) is 0.286. The largest absolute Gasteiger partial charge is 0.475 e. The Hall–Kier alpha value is -1.75. The van der Waals surface area contributed by atoms with E-state index in [1.807, 2.05) is 30.5 Å². The number of hydrogen-bond donors (Lipinski definition) is 1. The van der Waals surface area contributed by atoms with Gasteiger partial charge in [0.25, 0.3) is 0 Å². The van der Waals surface area contributed by atoms with Crippen LogP contribution in [-0.2, 0) is 0 Å². The molecular formula is C14H13NO3S. The maximum atomic E-state index is 11.2. The molecule has 1 N–H and O–H groups in total. The van der Waals surface area contributed by atoms with Crippen molar-refractivity contribution in [3.05, 3.63) is 35.7 Å². The molecule has 1 saturated carbocycles. The molecule has 1 fully saturated rings. The summed E-state index contributed by atoms with van der Waals surface area (Å²) in [6.45, 7) is 0. The van der Waals surface area contributed by atoms with E-state index < -0.39 is 5.97 Å². The van der Waals surface area contributed by atoms with Gasteiger partial charge in [-0.3, -0.25) is 0 Å². The zero-order chi connectivity index (χ0) is 13.4. The number of rotatable bonds is 4. The van der Waals surface area contributed by atoms with Crippen LogP contribution in [0.1, 0.15) is 35.0 Å². The topological polar surface area (TPSA) is 63.3 Å². The monoisotopic (exact) mass is 275 g/mol. The van der Waals surface area contributed by atoms with E-state index in [1.54, 1.807) is 11.8 Å². The Balaban J connectivity index is 1.99. The summed E-state index contributed by atoms with van der Waals surface area (Å²) in [5.74, 6) is -0.395. The summed E-state index contributed by atoms with van der Waals surface area (Å²) in [5, 5.41) is 9.15. The van der Waals surface area contributed by atoms with E-state index in [4.69, 9.17) is 9.52 Å². The van der Waals surface area contributed by atoms with Crippen LogP contribution in [0, 0.1) is 0 Å². The quantitative estimate of drug-likeness (QED) is 0.863. The lowest BCUT2D eigenvalue weighted by atomic mass is 10.2. The molecule has 2 aromatic rings. The van der Waals surface area contributed by atoms with Crippen molar-refractivity contribution >= 4 is 17.7 Å². The van der Waals surface area contributed by atoms with Gasteiger partial charge in [0.05, 0.1) is 5.69 Å². The van der Waals surface area contributed by atoms with E-state index in [0.29, 0.717) is 11.6 Å². The summed E-state index contributed by atoms with van der Waals surface area (Å²) < 4.78 is 5.42. The molecule has 0 radical (unpaired) electrons. The summed E-state index contributed by atoms with van der Waals surface area (Å²) in [4.78, 5) is 16.7. The highest BCUT2D eigenvalue weighted by Crippen LogP contribution is 2.42. The van der Waals surface area contributed by atoms with Crippen LogP contribution < -0.4 is 0 Å². The third kappa shape index (κ3) is 2.38. The van der Waals surface area contributed by atoms with Crippen molar-refractivity contribution in [2.24, 2.45) is 0 Å². The third-order valence-electron chi connectivity index (χ3n) is 3.15. The highest BCUT2D eigenvalue weighted by atomic mass is 32.2. The maximum Gasteiger partial charge on any atom is 0.373 e. The van der Waals surface area contributed by atoms with Crippen molar-refractivity contribution in [2.75, 3.05) is 6.26 Å². The number of thioether (sulfide) groups is 1. The lowest BCUT2D eigenvalue weighted by Gasteiger charge is -1.97. The Bertz CT molecular complexity index is 614. The van der Waals surface area contributed by atoms with Gasteiger partial charge in [-0.2, -0.15) is 0 Å². The summed E-state index contributed by atoms with van der Waals surface area (Å²) in [6, 6.07) is 7.75. The molecule has 0 unspecified atom stereocenters. The van der Waals surface area contributed by atoms with Gasteiger partial charge in [-0.25, -0.2) is 9.78 Å². The molecule has 1 aliphatic rings. The predicted octanol–water partition coefficient (Wildman–Crippen LogP) is 3.64. The molecule has 0 amide bonds. The van der Waals surface area contributed by atoms with Gasteiger partial charge in [0.1, 0.15) is 0 Å². The Kier molecular flexibility index (Phi) is 3.06. The van der Waals surface area contributed by atoms with E-state index in [9.17, 15) is 4.79 Å². The standard InChI is InChI=1S/C14H13NO3S/c1-19-10-6-4-9(5-7-10)13-15-11(8-2-3-8)12(18-13)14(16)17/h4-8H,2-3H2,1H3,(H,16,17). The van der Waals surface area contributed by atoms with Crippen LogP contribution in [0.25, 0.3) is 11.5 Å². The molecule has 0 saturated heterocycles. The van der Waals surface area contributed by atoms with Crippen LogP contribution in [-0.4, -0.2) is 22.3 Å². The number of carbonyl (C=O) groups is 1. The molecule has 19 heavy (non-hydrogen) atoms. The maximum absolute atomic E-state index is 11.2. The normalized spacial score (nSPS) is 14.6. The molecule has 98 valence electrons.